The lowest BCUT2D eigenvalue weighted by Crippen LogP contribution is -2.52. The Hall–Kier alpha value is -1.99. The molecular formula is C16H21N3O4. The van der Waals surface area contributed by atoms with E-state index >= 15 is 0 Å². The summed E-state index contributed by atoms with van der Waals surface area (Å²) in [5.74, 6) is -0.654. The molecular weight excluding hydrogens is 298 g/mol. The molecule has 1 aliphatic heterocycles. The Morgan fingerprint density at radius 3 is 2.91 bits per heavy atom. The average molecular weight is 319 g/mol. The Morgan fingerprint density at radius 2 is 2.17 bits per heavy atom. The number of nitro groups is 1. The monoisotopic (exact) mass is 319 g/mol. The minimum Gasteiger partial charge on any atom is -0.375 e. The van der Waals surface area contributed by atoms with E-state index in [9.17, 15) is 14.9 Å². The van der Waals surface area contributed by atoms with E-state index in [1.807, 2.05) is 0 Å². The van der Waals surface area contributed by atoms with Crippen LogP contribution < -0.4 is 5.73 Å². The number of nitrogens with zero attached hydrogens (tertiary/aromatic N) is 2. The quantitative estimate of drug-likeness (QED) is 0.674. The van der Waals surface area contributed by atoms with Gasteiger partial charge in [-0.05, 0) is 18.9 Å². The lowest BCUT2D eigenvalue weighted by Gasteiger charge is -2.43. The molecule has 1 saturated heterocycles. The molecule has 124 valence electrons. The fourth-order valence-electron chi connectivity index (χ4n) is 3.61. The molecule has 1 heterocycles. The van der Waals surface area contributed by atoms with Gasteiger partial charge in [0.1, 0.15) is 0 Å². The number of rotatable bonds is 4. The Kier molecular flexibility index (Phi) is 4.58. The Bertz CT molecular complexity index is 617. The van der Waals surface area contributed by atoms with Gasteiger partial charge in [-0.25, -0.2) is 0 Å². The standard InChI is InChI=1S/C16H21N3O4/c17-16(20)11-5-6-12(14(9-11)19(21)22)10-18-7-8-23-15-4-2-1-3-13(15)18/h5-6,9,13,15H,1-4,7-8,10H2,(H2,17,20)/t13-,15-/m0/s1. The topological polar surface area (TPSA) is 98.7 Å². The molecule has 2 N–H and O–H groups in total. The third-order valence-corrected chi connectivity index (χ3v) is 4.79. The summed E-state index contributed by atoms with van der Waals surface area (Å²) >= 11 is 0. The molecule has 1 aliphatic carbocycles. The summed E-state index contributed by atoms with van der Waals surface area (Å²) in [6.45, 7) is 1.93. The molecule has 1 amide bonds. The maximum absolute atomic E-state index is 11.3. The van der Waals surface area contributed by atoms with Gasteiger partial charge in [0.2, 0.25) is 5.91 Å². The van der Waals surface area contributed by atoms with Gasteiger partial charge in [0.05, 0.1) is 17.6 Å². The number of carbonyl (C=O) groups excluding carboxylic acids is 1. The number of amides is 1. The molecule has 2 fully saturated rings. The molecule has 7 heteroatoms. The minimum atomic E-state index is -0.654. The zero-order valence-corrected chi connectivity index (χ0v) is 12.9. The van der Waals surface area contributed by atoms with Crippen LogP contribution in [0.5, 0.6) is 0 Å². The van der Waals surface area contributed by atoms with E-state index < -0.39 is 10.8 Å². The van der Waals surface area contributed by atoms with Crippen molar-refractivity contribution in [1.82, 2.24) is 4.90 Å². The van der Waals surface area contributed by atoms with Crippen LogP contribution in [0.2, 0.25) is 0 Å². The molecule has 0 bridgehead atoms. The van der Waals surface area contributed by atoms with Crippen molar-refractivity contribution in [3.63, 3.8) is 0 Å². The number of ether oxygens (including phenoxy) is 1. The molecule has 23 heavy (non-hydrogen) atoms. The van der Waals surface area contributed by atoms with Crippen LogP contribution in [-0.2, 0) is 11.3 Å². The van der Waals surface area contributed by atoms with Crippen LogP contribution in [0.25, 0.3) is 0 Å². The molecule has 0 radical (unpaired) electrons. The smallest absolute Gasteiger partial charge is 0.274 e. The van der Waals surface area contributed by atoms with E-state index in [4.69, 9.17) is 10.5 Å². The molecule has 1 saturated carbocycles. The summed E-state index contributed by atoms with van der Waals surface area (Å²) in [7, 11) is 0. The third kappa shape index (κ3) is 3.35. The predicted octanol–water partition coefficient (Wildman–Crippen LogP) is 1.84. The fraction of sp³-hybridized carbons (Fsp3) is 0.562. The Labute approximate surface area is 134 Å². The van der Waals surface area contributed by atoms with E-state index in [2.05, 4.69) is 4.90 Å². The van der Waals surface area contributed by atoms with Crippen molar-refractivity contribution in [2.24, 2.45) is 5.73 Å². The zero-order valence-electron chi connectivity index (χ0n) is 12.9. The van der Waals surface area contributed by atoms with Crippen molar-refractivity contribution < 1.29 is 14.5 Å². The molecule has 7 nitrogen and oxygen atoms in total. The highest BCUT2D eigenvalue weighted by Crippen LogP contribution is 2.31. The number of hydrogen-bond donors (Lipinski definition) is 1. The second kappa shape index (κ2) is 6.64. The molecule has 3 rings (SSSR count). The average Bonchev–Trinajstić information content (AvgIpc) is 2.55. The fourth-order valence-corrected chi connectivity index (χ4v) is 3.61. The molecule has 1 aromatic rings. The van der Waals surface area contributed by atoms with Gasteiger partial charge in [0.25, 0.3) is 5.69 Å². The van der Waals surface area contributed by atoms with Crippen LogP contribution in [0.1, 0.15) is 41.6 Å². The van der Waals surface area contributed by atoms with Crippen molar-refractivity contribution in [2.45, 2.75) is 44.4 Å². The van der Waals surface area contributed by atoms with E-state index in [1.54, 1.807) is 12.1 Å². The van der Waals surface area contributed by atoms with Crippen molar-refractivity contribution in [2.75, 3.05) is 13.2 Å². The molecule has 0 spiro atoms. The summed E-state index contributed by atoms with van der Waals surface area (Å²) in [4.78, 5) is 24.4. The maximum atomic E-state index is 11.3. The normalized spacial score (nSPS) is 24.9. The van der Waals surface area contributed by atoms with Gasteiger partial charge >= 0.3 is 0 Å². The number of fused-ring (bicyclic) bond motifs is 1. The number of primary amides is 1. The van der Waals surface area contributed by atoms with Gasteiger partial charge in [-0.15, -0.1) is 0 Å². The molecule has 2 atom stereocenters. The number of hydrogen-bond acceptors (Lipinski definition) is 5. The molecule has 0 unspecified atom stereocenters. The van der Waals surface area contributed by atoms with E-state index in [-0.39, 0.29) is 17.4 Å². The highest BCUT2D eigenvalue weighted by Gasteiger charge is 2.34. The van der Waals surface area contributed by atoms with Crippen LogP contribution in [0.4, 0.5) is 5.69 Å². The molecule has 2 aliphatic rings. The lowest BCUT2D eigenvalue weighted by atomic mass is 9.90. The van der Waals surface area contributed by atoms with Crippen LogP contribution in [0, 0.1) is 10.1 Å². The van der Waals surface area contributed by atoms with Crippen molar-refractivity contribution in [1.29, 1.82) is 0 Å². The second-order valence-corrected chi connectivity index (χ2v) is 6.20. The SMILES string of the molecule is NC(=O)c1ccc(CN2CCO[C@H]3CCCC[C@@H]32)c([N+](=O)[O-])c1. The van der Waals surface area contributed by atoms with Crippen LogP contribution in [0.15, 0.2) is 18.2 Å². The largest absolute Gasteiger partial charge is 0.375 e. The van der Waals surface area contributed by atoms with Gasteiger partial charge < -0.3 is 10.5 Å². The number of nitrogens with two attached hydrogens (primary N) is 1. The van der Waals surface area contributed by atoms with Crippen LogP contribution in [0.3, 0.4) is 0 Å². The second-order valence-electron chi connectivity index (χ2n) is 6.20. The first-order valence-electron chi connectivity index (χ1n) is 7.99. The molecule has 0 aromatic heterocycles. The highest BCUT2D eigenvalue weighted by molar-refractivity contribution is 5.93. The highest BCUT2D eigenvalue weighted by atomic mass is 16.6. The van der Waals surface area contributed by atoms with Gasteiger partial charge in [0.15, 0.2) is 0 Å². The summed E-state index contributed by atoms with van der Waals surface area (Å²) in [5, 5.41) is 11.3. The maximum Gasteiger partial charge on any atom is 0.274 e. The number of nitro benzene ring substituents is 1. The third-order valence-electron chi connectivity index (χ3n) is 4.79. The number of benzene rings is 1. The Balaban J connectivity index is 1.83. The number of morpholine rings is 1. The van der Waals surface area contributed by atoms with Crippen LogP contribution in [-0.4, -0.2) is 41.0 Å². The van der Waals surface area contributed by atoms with E-state index in [1.165, 1.54) is 18.9 Å². The van der Waals surface area contributed by atoms with E-state index in [0.717, 1.165) is 19.4 Å². The minimum absolute atomic E-state index is 0.0415. The van der Waals surface area contributed by atoms with Crippen molar-refractivity contribution in [3.8, 4) is 0 Å². The molecule has 1 aromatic carbocycles. The zero-order chi connectivity index (χ0) is 16.4. The Morgan fingerprint density at radius 1 is 1.39 bits per heavy atom. The number of carbonyl (C=O) groups is 1. The first kappa shape index (κ1) is 15.9. The van der Waals surface area contributed by atoms with E-state index in [0.29, 0.717) is 24.8 Å². The van der Waals surface area contributed by atoms with Gasteiger partial charge in [-0.2, -0.15) is 0 Å². The van der Waals surface area contributed by atoms with Gasteiger partial charge in [0, 0.05) is 36.3 Å². The summed E-state index contributed by atoms with van der Waals surface area (Å²) in [6, 6.07) is 4.80. The summed E-state index contributed by atoms with van der Waals surface area (Å²) in [6.07, 6.45) is 4.72. The van der Waals surface area contributed by atoms with Gasteiger partial charge in [-0.3, -0.25) is 19.8 Å². The first-order chi connectivity index (χ1) is 11.1. The predicted molar refractivity (Wildman–Crippen MR) is 84.0 cm³/mol. The van der Waals surface area contributed by atoms with Crippen LogP contribution >= 0.6 is 0 Å². The first-order valence-corrected chi connectivity index (χ1v) is 7.99. The van der Waals surface area contributed by atoms with Gasteiger partial charge in [-0.1, -0.05) is 18.9 Å². The lowest BCUT2D eigenvalue weighted by molar-refractivity contribution is -0.385. The summed E-state index contributed by atoms with van der Waals surface area (Å²) < 4.78 is 5.84. The summed E-state index contributed by atoms with van der Waals surface area (Å²) in [5.41, 5.74) is 5.96. The van der Waals surface area contributed by atoms with Crippen molar-refractivity contribution in [3.05, 3.63) is 39.4 Å². The van der Waals surface area contributed by atoms with Crippen molar-refractivity contribution >= 4 is 11.6 Å².